The van der Waals surface area contributed by atoms with Crippen molar-refractivity contribution in [3.05, 3.63) is 29.8 Å². The number of rotatable bonds is 3. The van der Waals surface area contributed by atoms with E-state index in [0.29, 0.717) is 25.1 Å². The fourth-order valence-corrected chi connectivity index (χ4v) is 5.03. The highest BCUT2D eigenvalue weighted by atomic mass is 16.6. The zero-order valence-corrected chi connectivity index (χ0v) is 16.8. The molecule has 2 amide bonds. The summed E-state index contributed by atoms with van der Waals surface area (Å²) in [5, 5.41) is 0. The van der Waals surface area contributed by atoms with Gasteiger partial charge < -0.3 is 19.4 Å². The van der Waals surface area contributed by atoms with Crippen LogP contribution in [0.1, 0.15) is 44.6 Å². The van der Waals surface area contributed by atoms with Crippen molar-refractivity contribution in [2.24, 2.45) is 0 Å². The third-order valence-electron chi connectivity index (χ3n) is 6.47. The summed E-state index contributed by atoms with van der Waals surface area (Å²) in [5.74, 6) is 0.249. The third-order valence-corrected chi connectivity index (χ3v) is 6.47. The molecule has 0 aromatic heterocycles. The van der Waals surface area contributed by atoms with Crippen LogP contribution in [0.4, 0.5) is 10.5 Å². The summed E-state index contributed by atoms with van der Waals surface area (Å²) in [6.07, 6.45) is 5.59. The lowest BCUT2D eigenvalue weighted by Crippen LogP contribution is -2.49. The topological polar surface area (TPSA) is 53.1 Å². The SMILES string of the molecule is CCOC(=O)N1CCCC(N2CCC(N3C(=O)Cc4ccccc43)CC2)CC1. The largest absolute Gasteiger partial charge is 0.450 e. The minimum atomic E-state index is -0.173. The van der Waals surface area contributed by atoms with Crippen molar-refractivity contribution < 1.29 is 14.3 Å². The van der Waals surface area contributed by atoms with Gasteiger partial charge in [-0.25, -0.2) is 4.79 Å². The predicted octanol–water partition coefficient (Wildman–Crippen LogP) is 3.05. The number of para-hydroxylation sites is 1. The first kappa shape index (κ1) is 19.2. The molecule has 28 heavy (non-hydrogen) atoms. The van der Waals surface area contributed by atoms with Crippen LogP contribution in [0.5, 0.6) is 0 Å². The molecule has 0 aliphatic carbocycles. The molecule has 0 bridgehead atoms. The van der Waals surface area contributed by atoms with Crippen molar-refractivity contribution in [1.82, 2.24) is 9.80 Å². The van der Waals surface area contributed by atoms with E-state index in [1.807, 2.05) is 24.0 Å². The normalized spacial score (nSPS) is 24.2. The summed E-state index contributed by atoms with van der Waals surface area (Å²) in [6.45, 7) is 5.92. The minimum absolute atomic E-state index is 0.173. The van der Waals surface area contributed by atoms with Crippen molar-refractivity contribution in [3.63, 3.8) is 0 Å². The van der Waals surface area contributed by atoms with E-state index in [1.165, 1.54) is 0 Å². The Morgan fingerprint density at radius 1 is 1.04 bits per heavy atom. The molecule has 3 aliphatic heterocycles. The van der Waals surface area contributed by atoms with Crippen LogP contribution in [0, 0.1) is 0 Å². The van der Waals surface area contributed by atoms with Gasteiger partial charge in [-0.15, -0.1) is 0 Å². The Labute approximate surface area is 167 Å². The zero-order chi connectivity index (χ0) is 19.5. The maximum absolute atomic E-state index is 12.6. The van der Waals surface area contributed by atoms with Crippen molar-refractivity contribution in [3.8, 4) is 0 Å². The average molecular weight is 386 g/mol. The molecule has 1 aromatic rings. The van der Waals surface area contributed by atoms with E-state index >= 15 is 0 Å². The Hall–Kier alpha value is -2.08. The Morgan fingerprint density at radius 2 is 1.79 bits per heavy atom. The average Bonchev–Trinajstić information content (AvgIpc) is 2.88. The van der Waals surface area contributed by atoms with Crippen LogP contribution in [-0.4, -0.2) is 66.7 Å². The molecule has 0 spiro atoms. The molecule has 3 heterocycles. The van der Waals surface area contributed by atoms with Gasteiger partial charge in [-0.3, -0.25) is 4.79 Å². The minimum Gasteiger partial charge on any atom is -0.450 e. The number of nitrogens with zero attached hydrogens (tertiary/aromatic N) is 3. The van der Waals surface area contributed by atoms with Gasteiger partial charge in [0.15, 0.2) is 0 Å². The fraction of sp³-hybridized carbons (Fsp3) is 0.636. The highest BCUT2D eigenvalue weighted by molar-refractivity contribution is 6.01. The third kappa shape index (κ3) is 3.88. The van der Waals surface area contributed by atoms with E-state index in [4.69, 9.17) is 4.74 Å². The molecule has 152 valence electrons. The van der Waals surface area contributed by atoms with Crippen LogP contribution in [-0.2, 0) is 16.0 Å². The summed E-state index contributed by atoms with van der Waals surface area (Å²) in [7, 11) is 0. The van der Waals surface area contributed by atoms with Gasteiger partial charge in [-0.05, 0) is 50.7 Å². The number of hydrogen-bond donors (Lipinski definition) is 0. The lowest BCUT2D eigenvalue weighted by molar-refractivity contribution is -0.118. The van der Waals surface area contributed by atoms with E-state index < -0.39 is 0 Å². The summed E-state index contributed by atoms with van der Waals surface area (Å²) in [5.41, 5.74) is 2.28. The number of ether oxygens (including phenoxy) is 1. The predicted molar refractivity (Wildman–Crippen MR) is 108 cm³/mol. The van der Waals surface area contributed by atoms with Crippen LogP contribution < -0.4 is 4.90 Å². The number of anilines is 1. The lowest BCUT2D eigenvalue weighted by Gasteiger charge is -2.40. The van der Waals surface area contributed by atoms with Gasteiger partial charge in [0.05, 0.1) is 13.0 Å². The Kier molecular flexibility index (Phi) is 5.85. The van der Waals surface area contributed by atoms with Gasteiger partial charge in [0.2, 0.25) is 5.91 Å². The van der Waals surface area contributed by atoms with Gasteiger partial charge in [-0.1, -0.05) is 18.2 Å². The molecule has 0 saturated carbocycles. The molecule has 1 unspecified atom stereocenters. The Morgan fingerprint density at radius 3 is 2.57 bits per heavy atom. The Balaban J connectivity index is 1.32. The van der Waals surface area contributed by atoms with Gasteiger partial charge in [-0.2, -0.15) is 0 Å². The number of benzene rings is 1. The van der Waals surface area contributed by atoms with Crippen LogP contribution in [0.25, 0.3) is 0 Å². The number of likely N-dealkylation sites (tertiary alicyclic amines) is 2. The fourth-order valence-electron chi connectivity index (χ4n) is 5.03. The number of carbonyl (C=O) groups is 2. The molecular formula is C22H31N3O3. The molecule has 6 nitrogen and oxygen atoms in total. The van der Waals surface area contributed by atoms with Crippen molar-refractivity contribution in [2.45, 2.75) is 57.5 Å². The van der Waals surface area contributed by atoms with Crippen LogP contribution in [0.3, 0.4) is 0 Å². The van der Waals surface area contributed by atoms with E-state index in [1.54, 1.807) is 0 Å². The highest BCUT2D eigenvalue weighted by Gasteiger charge is 2.36. The number of fused-ring (bicyclic) bond motifs is 1. The van der Waals surface area contributed by atoms with E-state index in [0.717, 1.165) is 69.5 Å². The van der Waals surface area contributed by atoms with Crippen LogP contribution in [0.15, 0.2) is 24.3 Å². The number of carbonyl (C=O) groups excluding carboxylic acids is 2. The molecule has 1 atom stereocenters. The number of hydrogen-bond acceptors (Lipinski definition) is 4. The highest BCUT2D eigenvalue weighted by Crippen LogP contribution is 2.34. The van der Waals surface area contributed by atoms with Crippen LogP contribution in [0.2, 0.25) is 0 Å². The van der Waals surface area contributed by atoms with Crippen molar-refractivity contribution in [2.75, 3.05) is 37.7 Å². The summed E-state index contributed by atoms with van der Waals surface area (Å²) >= 11 is 0. The summed E-state index contributed by atoms with van der Waals surface area (Å²) in [4.78, 5) is 31.1. The van der Waals surface area contributed by atoms with E-state index in [-0.39, 0.29) is 12.0 Å². The van der Waals surface area contributed by atoms with E-state index in [9.17, 15) is 9.59 Å². The molecule has 3 aliphatic rings. The first-order valence-electron chi connectivity index (χ1n) is 10.7. The lowest BCUT2D eigenvalue weighted by atomic mass is 9.98. The maximum atomic E-state index is 12.6. The molecule has 0 radical (unpaired) electrons. The van der Waals surface area contributed by atoms with Gasteiger partial charge >= 0.3 is 6.09 Å². The zero-order valence-electron chi connectivity index (χ0n) is 16.8. The molecule has 4 rings (SSSR count). The van der Waals surface area contributed by atoms with Gasteiger partial charge in [0.1, 0.15) is 0 Å². The van der Waals surface area contributed by atoms with E-state index in [2.05, 4.69) is 21.9 Å². The number of piperidine rings is 1. The second kappa shape index (κ2) is 8.52. The monoisotopic (exact) mass is 385 g/mol. The van der Waals surface area contributed by atoms with Crippen molar-refractivity contribution in [1.29, 1.82) is 0 Å². The second-order valence-electron chi connectivity index (χ2n) is 8.11. The first-order valence-corrected chi connectivity index (χ1v) is 10.7. The summed E-state index contributed by atoms with van der Waals surface area (Å²) < 4.78 is 5.16. The molecule has 6 heteroatoms. The number of amides is 2. The molecular weight excluding hydrogens is 354 g/mol. The molecule has 1 aromatic carbocycles. The van der Waals surface area contributed by atoms with Crippen molar-refractivity contribution >= 4 is 17.7 Å². The standard InChI is InChI=1S/C22H31N3O3/c1-2-28-22(27)24-12-5-7-18(9-15-24)23-13-10-19(11-14-23)25-20-8-4-3-6-17(20)16-21(25)26/h3-4,6,8,18-19H,2,5,7,9-16H2,1H3. The van der Waals surface area contributed by atoms with Crippen LogP contribution >= 0.6 is 0 Å². The van der Waals surface area contributed by atoms with Gasteiger partial charge in [0.25, 0.3) is 0 Å². The first-order chi connectivity index (χ1) is 13.7. The molecule has 0 N–H and O–H groups in total. The Bertz CT molecular complexity index is 715. The smallest absolute Gasteiger partial charge is 0.409 e. The molecule has 2 fully saturated rings. The van der Waals surface area contributed by atoms with Gasteiger partial charge in [0, 0.05) is 44.0 Å². The second-order valence-corrected chi connectivity index (χ2v) is 8.11. The quantitative estimate of drug-likeness (QED) is 0.803. The molecule has 2 saturated heterocycles. The summed E-state index contributed by atoms with van der Waals surface area (Å²) in [6, 6.07) is 9.05. The maximum Gasteiger partial charge on any atom is 0.409 e.